The molecule has 0 amide bonds. The molecule has 0 aromatic rings. The molecule has 0 spiro atoms. The molecule has 0 aromatic carbocycles. The first-order chi connectivity index (χ1) is 6.93. The average Bonchev–Trinajstić information content (AvgIpc) is 1.76. The molecule has 0 aliphatic rings. The van der Waals surface area contributed by atoms with Crippen molar-refractivity contribution in [2.24, 2.45) is 0 Å². The molecule has 0 bridgehead atoms. The minimum Gasteiger partial charge on any atom is -0.398 e. The Morgan fingerprint density at radius 3 is 0.292 bits per heavy atom. The van der Waals surface area contributed by atoms with Crippen LogP contribution in [0.3, 0.4) is 0 Å². The fourth-order valence-electron chi connectivity index (χ4n) is 0. The summed E-state index contributed by atoms with van der Waals surface area (Å²) in [6, 6.07) is 0. The predicted molar refractivity (Wildman–Crippen MR) is 85.4 cm³/mol. The van der Waals surface area contributed by atoms with Gasteiger partial charge < -0.3 is 89.4 Å². The van der Waals surface area contributed by atoms with E-state index in [2.05, 4.69) is 0 Å². The van der Waals surface area contributed by atoms with Crippen LogP contribution >= 0.6 is 0 Å². The number of rotatable bonds is 0. The minimum atomic E-state index is -2.67. The zero-order chi connectivity index (χ0) is 14.3. The van der Waals surface area contributed by atoms with Crippen LogP contribution in [-0.2, 0) is 0 Å². The van der Waals surface area contributed by atoms with Gasteiger partial charge in [-0.05, 0) is 0 Å². The molecule has 160 valence electrons. The second-order valence-electron chi connectivity index (χ2n) is 1.24. The third kappa shape index (κ3) is 20300. The maximum Gasteiger partial charge on any atom is 0.674 e. The lowest BCUT2D eigenvalue weighted by Crippen LogP contribution is -1.98. The largest absolute Gasteiger partial charge is 0.674 e. The van der Waals surface area contributed by atoms with E-state index in [1.165, 1.54) is 0 Å². The van der Waals surface area contributed by atoms with E-state index in [9.17, 15) is 17.3 Å². The van der Waals surface area contributed by atoms with Crippen molar-refractivity contribution in [1.29, 1.82) is 0 Å². The van der Waals surface area contributed by atoms with Crippen molar-refractivity contribution in [1.82, 2.24) is 49.2 Å². The standard InChI is InChI=1S/4BFH2O2.8H3N/c4*2-1(3)4;;;;;;;;/h4*3-4H;8*1H3. The van der Waals surface area contributed by atoms with Gasteiger partial charge in [-0.3, -0.25) is 17.3 Å². The zero-order valence-corrected chi connectivity index (χ0v) is 13.1. The summed E-state index contributed by atoms with van der Waals surface area (Å²) < 4.78 is 40.4. The minimum absolute atomic E-state index is 0. The van der Waals surface area contributed by atoms with Gasteiger partial charge in [0.05, 0.1) is 0 Å². The molecule has 0 rings (SSSR count). The Kier molecular flexibility index (Phi) is 299. The topological polar surface area (TPSA) is 442 Å². The predicted octanol–water partition coefficient (Wildman–Crippen LogP) is -3.00. The van der Waals surface area contributed by atoms with Crippen molar-refractivity contribution >= 4 is 29.6 Å². The van der Waals surface area contributed by atoms with E-state index in [4.69, 9.17) is 40.2 Å². The van der Waals surface area contributed by atoms with Crippen LogP contribution in [0.1, 0.15) is 0 Å². The van der Waals surface area contributed by atoms with Crippen LogP contribution < -0.4 is 49.2 Å². The average molecular weight is 392 g/mol. The van der Waals surface area contributed by atoms with E-state index in [-0.39, 0.29) is 49.2 Å². The third-order valence-corrected chi connectivity index (χ3v) is 0. The van der Waals surface area contributed by atoms with Crippen molar-refractivity contribution in [2.75, 3.05) is 0 Å². The second kappa shape index (κ2) is 79.1. The van der Waals surface area contributed by atoms with Crippen LogP contribution in [0.25, 0.3) is 0 Å². The lowest BCUT2D eigenvalue weighted by Gasteiger charge is -1.65. The van der Waals surface area contributed by atoms with Gasteiger partial charge >= 0.3 is 29.6 Å². The highest BCUT2D eigenvalue weighted by molar-refractivity contribution is 6.32. The van der Waals surface area contributed by atoms with Crippen molar-refractivity contribution in [2.45, 2.75) is 0 Å². The van der Waals surface area contributed by atoms with Gasteiger partial charge in [-0.15, -0.1) is 0 Å². The highest BCUT2D eigenvalue weighted by atomic mass is 19.1. The molecule has 24 heavy (non-hydrogen) atoms. The number of hydrogen-bond acceptors (Lipinski definition) is 16. The van der Waals surface area contributed by atoms with Gasteiger partial charge in [0, 0.05) is 0 Å². The summed E-state index contributed by atoms with van der Waals surface area (Å²) in [7, 11) is -10.7. The Hall–Kier alpha value is -0.660. The Morgan fingerprint density at radius 1 is 0.292 bits per heavy atom. The van der Waals surface area contributed by atoms with Gasteiger partial charge in [0.25, 0.3) is 0 Å². The van der Waals surface area contributed by atoms with E-state index < -0.39 is 29.6 Å². The fraction of sp³-hybridized carbons (Fsp3) is 0. The normalized spacial score (nSPS) is 4.50. The van der Waals surface area contributed by atoms with E-state index in [0.717, 1.165) is 0 Å². The Balaban J connectivity index is -0.00000000720. The van der Waals surface area contributed by atoms with Gasteiger partial charge in [0.15, 0.2) is 0 Å². The summed E-state index contributed by atoms with van der Waals surface area (Å²) in [4.78, 5) is 0. The van der Waals surface area contributed by atoms with Crippen molar-refractivity contribution in [3.05, 3.63) is 0 Å². The molecular weight excluding hydrogens is 359 g/mol. The van der Waals surface area contributed by atoms with Gasteiger partial charge in [-0.2, -0.15) is 0 Å². The molecule has 0 saturated carbocycles. The molecule has 0 aromatic heterocycles. The molecule has 0 saturated heterocycles. The summed E-state index contributed by atoms with van der Waals surface area (Å²) in [6.07, 6.45) is 0. The van der Waals surface area contributed by atoms with E-state index in [1.54, 1.807) is 0 Å². The Bertz CT molecular complexity index is 89.1. The van der Waals surface area contributed by atoms with Crippen LogP contribution in [0.5, 0.6) is 0 Å². The van der Waals surface area contributed by atoms with E-state index in [0.29, 0.717) is 0 Å². The molecule has 0 aliphatic carbocycles. The molecular formula is H32B4F4N8O8. The van der Waals surface area contributed by atoms with Crippen LogP contribution in [0.4, 0.5) is 17.3 Å². The van der Waals surface area contributed by atoms with Gasteiger partial charge in [-0.1, -0.05) is 0 Å². The molecule has 16 nitrogen and oxygen atoms in total. The quantitative estimate of drug-likeness (QED) is 0.144. The highest BCUT2D eigenvalue weighted by Gasteiger charge is 1.98. The highest BCUT2D eigenvalue weighted by Crippen LogP contribution is 1.58. The summed E-state index contributed by atoms with van der Waals surface area (Å²) >= 11 is 0. The Morgan fingerprint density at radius 2 is 0.292 bits per heavy atom. The molecule has 0 radical (unpaired) electrons. The smallest absolute Gasteiger partial charge is 0.398 e. The molecule has 24 heteroatoms. The summed E-state index contributed by atoms with van der Waals surface area (Å²) in [6.45, 7) is 0. The SMILES string of the molecule is N.N.N.N.N.N.N.N.OB(O)F.OB(O)F.OB(O)F.OB(O)F. The lowest BCUT2D eigenvalue weighted by molar-refractivity contribution is 0.338. The number of hydrogen-bond donors (Lipinski definition) is 16. The number of halogens is 4. The monoisotopic (exact) mass is 392 g/mol. The molecule has 0 fully saturated rings. The molecule has 32 N–H and O–H groups in total. The summed E-state index contributed by atoms with van der Waals surface area (Å²) in [5.74, 6) is 0. The van der Waals surface area contributed by atoms with Crippen LogP contribution in [0, 0.1) is 0 Å². The summed E-state index contributed by atoms with van der Waals surface area (Å²) in [5, 5.41) is 55.6. The maximum atomic E-state index is 10.1. The van der Waals surface area contributed by atoms with Gasteiger partial charge in [0.1, 0.15) is 0 Å². The van der Waals surface area contributed by atoms with Crippen LogP contribution in [-0.4, -0.2) is 69.8 Å². The molecule has 0 heterocycles. The summed E-state index contributed by atoms with van der Waals surface area (Å²) in [5.41, 5.74) is 0. The lowest BCUT2D eigenvalue weighted by atomic mass is 10.3. The second-order valence-corrected chi connectivity index (χ2v) is 1.24. The first kappa shape index (κ1) is 90.6. The third-order valence-electron chi connectivity index (χ3n) is 0. The van der Waals surface area contributed by atoms with Crippen molar-refractivity contribution in [3.8, 4) is 0 Å². The van der Waals surface area contributed by atoms with Crippen molar-refractivity contribution < 1.29 is 57.5 Å². The molecule has 0 unspecified atom stereocenters. The Labute approximate surface area is 137 Å². The van der Waals surface area contributed by atoms with E-state index in [1.807, 2.05) is 0 Å². The van der Waals surface area contributed by atoms with Crippen molar-refractivity contribution in [3.63, 3.8) is 0 Å². The van der Waals surface area contributed by atoms with Crippen LogP contribution in [0.2, 0.25) is 0 Å². The molecule has 0 atom stereocenters. The maximum absolute atomic E-state index is 10.1. The van der Waals surface area contributed by atoms with Crippen LogP contribution in [0.15, 0.2) is 0 Å². The van der Waals surface area contributed by atoms with Gasteiger partial charge in [0.2, 0.25) is 0 Å². The first-order valence-electron chi connectivity index (χ1n) is 2.94. The first-order valence-corrected chi connectivity index (χ1v) is 2.94. The zero-order valence-electron chi connectivity index (χ0n) is 13.1. The fourth-order valence-corrected chi connectivity index (χ4v) is 0. The molecule has 0 aliphatic heterocycles. The van der Waals surface area contributed by atoms with Gasteiger partial charge in [-0.25, -0.2) is 0 Å². The van der Waals surface area contributed by atoms with E-state index >= 15 is 0 Å².